The highest BCUT2D eigenvalue weighted by Gasteiger charge is 2.24. The first-order valence-electron chi connectivity index (χ1n) is 7.26. The molecule has 1 fully saturated rings. The van der Waals surface area contributed by atoms with Crippen molar-refractivity contribution in [3.8, 4) is 0 Å². The van der Waals surface area contributed by atoms with Crippen LogP contribution in [0.5, 0.6) is 0 Å². The van der Waals surface area contributed by atoms with Crippen LogP contribution in [-0.4, -0.2) is 42.9 Å². The summed E-state index contributed by atoms with van der Waals surface area (Å²) in [5.41, 5.74) is 0. The third-order valence-corrected chi connectivity index (χ3v) is 3.94. The summed E-state index contributed by atoms with van der Waals surface area (Å²) in [6, 6.07) is -0.225. The second-order valence-corrected chi connectivity index (χ2v) is 5.78. The molecule has 0 spiro atoms. The fourth-order valence-corrected chi connectivity index (χ4v) is 2.40. The van der Waals surface area contributed by atoms with Crippen molar-refractivity contribution in [2.24, 2.45) is 17.8 Å². The molecular weight excluding hydrogens is 260 g/mol. The van der Waals surface area contributed by atoms with Gasteiger partial charge in [0, 0.05) is 25.8 Å². The van der Waals surface area contributed by atoms with Gasteiger partial charge in [0.15, 0.2) is 0 Å². The maximum Gasteiger partial charge on any atom is 0.315 e. The molecule has 2 atom stereocenters. The number of amides is 2. The van der Waals surface area contributed by atoms with E-state index < -0.39 is 11.9 Å². The molecule has 6 nitrogen and oxygen atoms in total. The lowest BCUT2D eigenvalue weighted by atomic mass is 9.93. The predicted octanol–water partition coefficient (Wildman–Crippen LogP) is 1.46. The summed E-state index contributed by atoms with van der Waals surface area (Å²) in [6.45, 7) is 7.29. The maximum absolute atomic E-state index is 11.8. The number of aliphatic carboxylic acids is 1. The van der Waals surface area contributed by atoms with Crippen molar-refractivity contribution in [1.29, 1.82) is 0 Å². The highest BCUT2D eigenvalue weighted by molar-refractivity contribution is 5.76. The van der Waals surface area contributed by atoms with Gasteiger partial charge in [0.25, 0.3) is 0 Å². The van der Waals surface area contributed by atoms with Crippen LogP contribution in [0.4, 0.5) is 4.79 Å². The molecule has 1 rings (SSSR count). The average Bonchev–Trinajstić information content (AvgIpc) is 2.39. The summed E-state index contributed by atoms with van der Waals surface area (Å²) >= 11 is 0. The Morgan fingerprint density at radius 3 is 2.35 bits per heavy atom. The number of urea groups is 1. The highest BCUT2D eigenvalue weighted by Crippen LogP contribution is 2.18. The average molecular weight is 286 g/mol. The Balaban J connectivity index is 2.33. The highest BCUT2D eigenvalue weighted by atomic mass is 16.5. The molecular formula is C14H26N2O4. The number of carbonyl (C=O) groups is 2. The van der Waals surface area contributed by atoms with Gasteiger partial charge in [0.05, 0.1) is 5.92 Å². The van der Waals surface area contributed by atoms with Gasteiger partial charge in [-0.05, 0) is 31.6 Å². The van der Waals surface area contributed by atoms with Crippen LogP contribution >= 0.6 is 0 Å². The minimum atomic E-state index is -0.877. The van der Waals surface area contributed by atoms with Crippen LogP contribution in [0.2, 0.25) is 0 Å². The second kappa shape index (κ2) is 8.09. The molecule has 0 radical (unpaired) electrons. The normalized spacial score (nSPS) is 19.4. The first-order chi connectivity index (χ1) is 9.41. The molecule has 116 valence electrons. The van der Waals surface area contributed by atoms with Gasteiger partial charge in [-0.3, -0.25) is 4.79 Å². The smallest absolute Gasteiger partial charge is 0.315 e. The minimum absolute atomic E-state index is 0.0132. The first kappa shape index (κ1) is 16.8. The van der Waals surface area contributed by atoms with Gasteiger partial charge in [-0.1, -0.05) is 13.8 Å². The molecule has 6 heteroatoms. The van der Waals surface area contributed by atoms with E-state index in [0.717, 1.165) is 26.1 Å². The van der Waals surface area contributed by atoms with Gasteiger partial charge in [-0.2, -0.15) is 0 Å². The van der Waals surface area contributed by atoms with Gasteiger partial charge in [0.1, 0.15) is 0 Å². The number of nitrogens with one attached hydrogen (secondary N) is 2. The molecule has 1 heterocycles. The molecule has 0 aliphatic carbocycles. The van der Waals surface area contributed by atoms with E-state index in [2.05, 4.69) is 10.6 Å². The molecule has 3 N–H and O–H groups in total. The summed E-state index contributed by atoms with van der Waals surface area (Å²) in [7, 11) is 0. The molecule has 1 saturated heterocycles. The summed E-state index contributed by atoms with van der Waals surface area (Å²) in [4.78, 5) is 22.8. The Morgan fingerprint density at radius 1 is 1.25 bits per heavy atom. The van der Waals surface area contributed by atoms with Crippen molar-refractivity contribution >= 4 is 12.0 Å². The van der Waals surface area contributed by atoms with E-state index in [0.29, 0.717) is 5.92 Å². The molecule has 0 saturated carbocycles. The minimum Gasteiger partial charge on any atom is -0.481 e. The number of rotatable bonds is 6. The Labute approximate surface area is 120 Å². The summed E-state index contributed by atoms with van der Waals surface area (Å²) < 4.78 is 5.29. The topological polar surface area (TPSA) is 87.7 Å². The molecule has 1 aliphatic heterocycles. The quantitative estimate of drug-likeness (QED) is 0.690. The van der Waals surface area contributed by atoms with Gasteiger partial charge >= 0.3 is 12.0 Å². The monoisotopic (exact) mass is 286 g/mol. The molecule has 0 aromatic rings. The number of carboxylic acid groups (broad SMARTS) is 1. The van der Waals surface area contributed by atoms with Crippen LogP contribution in [0.3, 0.4) is 0 Å². The third-order valence-electron chi connectivity index (χ3n) is 3.94. The third kappa shape index (κ3) is 5.36. The number of ether oxygens (including phenoxy) is 1. The van der Waals surface area contributed by atoms with Crippen molar-refractivity contribution in [2.75, 3.05) is 19.8 Å². The zero-order valence-electron chi connectivity index (χ0n) is 12.5. The molecule has 2 amide bonds. The van der Waals surface area contributed by atoms with Gasteiger partial charge in [-0.25, -0.2) is 4.79 Å². The molecule has 0 bridgehead atoms. The van der Waals surface area contributed by atoms with Crippen LogP contribution in [-0.2, 0) is 9.53 Å². The number of carboxylic acids is 1. The molecule has 0 aromatic heterocycles. The van der Waals surface area contributed by atoms with Gasteiger partial charge in [-0.15, -0.1) is 0 Å². The van der Waals surface area contributed by atoms with Gasteiger partial charge < -0.3 is 20.5 Å². The van der Waals surface area contributed by atoms with Crippen molar-refractivity contribution < 1.29 is 19.4 Å². The van der Waals surface area contributed by atoms with Crippen LogP contribution in [0.1, 0.15) is 33.6 Å². The fourth-order valence-electron chi connectivity index (χ4n) is 2.40. The lowest BCUT2D eigenvalue weighted by molar-refractivity contribution is -0.142. The Hall–Kier alpha value is -1.30. The van der Waals surface area contributed by atoms with Crippen molar-refractivity contribution in [3.05, 3.63) is 0 Å². The van der Waals surface area contributed by atoms with Gasteiger partial charge in [0.2, 0.25) is 0 Å². The van der Waals surface area contributed by atoms with Crippen LogP contribution in [0.15, 0.2) is 0 Å². The Morgan fingerprint density at radius 2 is 1.85 bits per heavy atom. The van der Waals surface area contributed by atoms with E-state index >= 15 is 0 Å². The second-order valence-electron chi connectivity index (χ2n) is 5.78. The number of hydrogen-bond donors (Lipinski definition) is 3. The SMILES string of the molecule is CC(C)C(CNC(=O)NC(C)C1CCOCC1)C(=O)O. The van der Waals surface area contributed by atoms with E-state index in [1.54, 1.807) is 0 Å². The molecule has 2 unspecified atom stereocenters. The zero-order chi connectivity index (χ0) is 15.1. The lowest BCUT2D eigenvalue weighted by Gasteiger charge is -2.28. The van der Waals surface area contributed by atoms with Crippen molar-refractivity contribution in [1.82, 2.24) is 10.6 Å². The largest absolute Gasteiger partial charge is 0.481 e. The van der Waals surface area contributed by atoms with Crippen LogP contribution < -0.4 is 10.6 Å². The van der Waals surface area contributed by atoms with Crippen molar-refractivity contribution in [2.45, 2.75) is 39.7 Å². The summed E-state index contributed by atoms with van der Waals surface area (Å²) in [5.74, 6) is -1.02. The number of carbonyl (C=O) groups excluding carboxylic acids is 1. The predicted molar refractivity (Wildman–Crippen MR) is 75.5 cm³/mol. The zero-order valence-corrected chi connectivity index (χ0v) is 12.5. The van der Waals surface area contributed by atoms with E-state index in [-0.39, 0.29) is 24.5 Å². The van der Waals surface area contributed by atoms with Crippen molar-refractivity contribution in [3.63, 3.8) is 0 Å². The van der Waals surface area contributed by atoms with E-state index in [4.69, 9.17) is 9.84 Å². The lowest BCUT2D eigenvalue weighted by Crippen LogP contribution is -2.47. The fraction of sp³-hybridized carbons (Fsp3) is 0.857. The Kier molecular flexibility index (Phi) is 6.78. The summed E-state index contributed by atoms with van der Waals surface area (Å²) in [6.07, 6.45) is 1.90. The number of hydrogen-bond acceptors (Lipinski definition) is 3. The van der Waals surface area contributed by atoms with E-state index in [1.165, 1.54) is 0 Å². The van der Waals surface area contributed by atoms with Crippen LogP contribution in [0, 0.1) is 17.8 Å². The first-order valence-corrected chi connectivity index (χ1v) is 7.26. The summed E-state index contributed by atoms with van der Waals surface area (Å²) in [5, 5.41) is 14.6. The van der Waals surface area contributed by atoms with Crippen LogP contribution in [0.25, 0.3) is 0 Å². The molecule has 0 aromatic carbocycles. The standard InChI is InChI=1S/C14H26N2O4/c1-9(2)12(13(17)18)8-15-14(19)16-10(3)11-4-6-20-7-5-11/h9-12H,4-8H2,1-3H3,(H,17,18)(H2,15,16,19). The van der Waals surface area contributed by atoms with E-state index in [1.807, 2.05) is 20.8 Å². The molecule has 20 heavy (non-hydrogen) atoms. The Bertz CT molecular complexity index is 327. The molecule has 1 aliphatic rings. The maximum atomic E-state index is 11.8. The van der Waals surface area contributed by atoms with E-state index in [9.17, 15) is 9.59 Å².